The minimum absolute atomic E-state index is 0.0418. The largest absolute Gasteiger partial charge is 0.372 e. The van der Waals surface area contributed by atoms with Crippen molar-refractivity contribution in [2.24, 2.45) is 5.73 Å². The molecule has 2 N–H and O–H groups in total. The van der Waals surface area contributed by atoms with Crippen molar-refractivity contribution in [3.05, 3.63) is 16.1 Å². The molecule has 2 rings (SSSR count). The van der Waals surface area contributed by atoms with Crippen LogP contribution in [0.1, 0.15) is 42.6 Å². The molecular formula is C9H14N2OS. The maximum Gasteiger partial charge on any atom is 0.109 e. The molecule has 1 saturated heterocycles. The van der Waals surface area contributed by atoms with Gasteiger partial charge in [0.2, 0.25) is 0 Å². The molecule has 0 aliphatic carbocycles. The lowest BCUT2D eigenvalue weighted by Gasteiger charge is -2.04. The van der Waals surface area contributed by atoms with E-state index in [9.17, 15) is 0 Å². The number of aromatic nitrogens is 1. The van der Waals surface area contributed by atoms with Crippen molar-refractivity contribution in [2.75, 3.05) is 6.61 Å². The minimum atomic E-state index is 0.0418. The molecular weight excluding hydrogens is 184 g/mol. The number of hydrogen-bond donors (Lipinski definition) is 1. The zero-order chi connectivity index (χ0) is 9.26. The molecule has 0 radical (unpaired) electrons. The van der Waals surface area contributed by atoms with Crippen molar-refractivity contribution in [1.82, 2.24) is 4.98 Å². The van der Waals surface area contributed by atoms with Crippen LogP contribution in [-0.2, 0) is 4.74 Å². The van der Waals surface area contributed by atoms with Gasteiger partial charge in [0.05, 0.1) is 11.7 Å². The fourth-order valence-corrected chi connectivity index (χ4v) is 2.29. The quantitative estimate of drug-likeness (QED) is 0.790. The Morgan fingerprint density at radius 2 is 2.62 bits per heavy atom. The first kappa shape index (κ1) is 9.12. The highest BCUT2D eigenvalue weighted by molar-refractivity contribution is 7.09. The molecule has 1 aliphatic heterocycles. The van der Waals surface area contributed by atoms with Gasteiger partial charge < -0.3 is 10.5 Å². The summed E-state index contributed by atoms with van der Waals surface area (Å²) in [6, 6.07) is 0.0418. The second-order valence-electron chi connectivity index (χ2n) is 3.40. The summed E-state index contributed by atoms with van der Waals surface area (Å²) in [5.74, 6) is 0. The Morgan fingerprint density at radius 3 is 3.15 bits per heavy atom. The van der Waals surface area contributed by atoms with Gasteiger partial charge in [0.25, 0.3) is 0 Å². The van der Waals surface area contributed by atoms with Crippen molar-refractivity contribution in [3.8, 4) is 0 Å². The predicted octanol–water partition coefficient (Wildman–Crippen LogP) is 2.01. The molecule has 1 aliphatic rings. The lowest BCUT2D eigenvalue weighted by atomic mass is 10.2. The number of rotatable bonds is 2. The number of ether oxygens (including phenoxy) is 1. The molecule has 0 amide bonds. The first-order valence-electron chi connectivity index (χ1n) is 4.60. The second-order valence-corrected chi connectivity index (χ2v) is 4.29. The van der Waals surface area contributed by atoms with Gasteiger partial charge in [-0.3, -0.25) is 0 Å². The third kappa shape index (κ3) is 1.90. The third-order valence-corrected chi connectivity index (χ3v) is 3.25. The van der Waals surface area contributed by atoms with E-state index in [-0.39, 0.29) is 12.1 Å². The Morgan fingerprint density at radius 1 is 1.77 bits per heavy atom. The van der Waals surface area contributed by atoms with Crippen LogP contribution in [0.25, 0.3) is 0 Å². The highest BCUT2D eigenvalue weighted by atomic mass is 32.1. The minimum Gasteiger partial charge on any atom is -0.372 e. The molecule has 2 heterocycles. The smallest absolute Gasteiger partial charge is 0.109 e. The van der Waals surface area contributed by atoms with Gasteiger partial charge in [-0.05, 0) is 19.8 Å². The normalized spacial score (nSPS) is 24.9. The Labute approximate surface area is 81.9 Å². The van der Waals surface area contributed by atoms with Crippen LogP contribution in [0.3, 0.4) is 0 Å². The second kappa shape index (κ2) is 3.74. The van der Waals surface area contributed by atoms with Crippen LogP contribution in [0.2, 0.25) is 0 Å². The zero-order valence-electron chi connectivity index (χ0n) is 7.69. The molecule has 1 aromatic heterocycles. The highest BCUT2D eigenvalue weighted by Crippen LogP contribution is 2.30. The average Bonchev–Trinajstić information content (AvgIpc) is 2.75. The lowest BCUT2D eigenvalue weighted by molar-refractivity contribution is 0.109. The van der Waals surface area contributed by atoms with E-state index >= 15 is 0 Å². The van der Waals surface area contributed by atoms with E-state index in [1.807, 2.05) is 6.92 Å². The maximum atomic E-state index is 5.73. The van der Waals surface area contributed by atoms with E-state index in [1.54, 1.807) is 11.3 Å². The molecule has 0 bridgehead atoms. The van der Waals surface area contributed by atoms with Gasteiger partial charge >= 0.3 is 0 Å². The summed E-state index contributed by atoms with van der Waals surface area (Å²) in [6.07, 6.45) is 2.47. The Bertz CT molecular complexity index is 279. The summed E-state index contributed by atoms with van der Waals surface area (Å²) < 4.78 is 5.54. The number of hydrogen-bond acceptors (Lipinski definition) is 4. The van der Waals surface area contributed by atoms with Crippen molar-refractivity contribution in [2.45, 2.75) is 31.9 Å². The van der Waals surface area contributed by atoms with E-state index in [0.29, 0.717) is 0 Å². The van der Waals surface area contributed by atoms with Gasteiger partial charge in [-0.1, -0.05) is 0 Å². The van der Waals surface area contributed by atoms with Gasteiger partial charge in [-0.25, -0.2) is 4.98 Å². The average molecular weight is 198 g/mol. The predicted molar refractivity (Wildman–Crippen MR) is 52.6 cm³/mol. The van der Waals surface area contributed by atoms with Crippen molar-refractivity contribution >= 4 is 11.3 Å². The van der Waals surface area contributed by atoms with Crippen LogP contribution in [0, 0.1) is 0 Å². The number of nitrogens with zero attached hydrogens (tertiary/aromatic N) is 1. The molecule has 0 aromatic carbocycles. The summed E-state index contributed by atoms with van der Waals surface area (Å²) in [5.41, 5.74) is 6.80. The van der Waals surface area contributed by atoms with Crippen molar-refractivity contribution in [3.63, 3.8) is 0 Å². The van der Waals surface area contributed by atoms with Crippen LogP contribution >= 0.6 is 11.3 Å². The fourth-order valence-electron chi connectivity index (χ4n) is 1.47. The van der Waals surface area contributed by atoms with Gasteiger partial charge in [0.15, 0.2) is 0 Å². The van der Waals surface area contributed by atoms with Crippen LogP contribution in [0.15, 0.2) is 5.38 Å². The van der Waals surface area contributed by atoms with Gasteiger partial charge in [0.1, 0.15) is 11.1 Å². The third-order valence-electron chi connectivity index (χ3n) is 2.19. The standard InChI is InChI=1S/C9H14N2OS/c1-6(10)9-11-7(5-13-9)8-3-2-4-12-8/h5-6,8H,2-4,10H2,1H3. The van der Waals surface area contributed by atoms with Gasteiger partial charge in [-0.15, -0.1) is 11.3 Å². The summed E-state index contributed by atoms with van der Waals surface area (Å²) >= 11 is 1.63. The molecule has 3 nitrogen and oxygen atoms in total. The van der Waals surface area contributed by atoms with E-state index < -0.39 is 0 Å². The Balaban J connectivity index is 2.12. The molecule has 2 atom stereocenters. The van der Waals surface area contributed by atoms with E-state index in [2.05, 4.69) is 10.4 Å². The van der Waals surface area contributed by atoms with Crippen LogP contribution < -0.4 is 5.73 Å². The van der Waals surface area contributed by atoms with Gasteiger partial charge in [0, 0.05) is 12.0 Å². The molecule has 0 saturated carbocycles. The van der Waals surface area contributed by atoms with E-state index in [0.717, 1.165) is 30.2 Å². The molecule has 1 fully saturated rings. The molecule has 4 heteroatoms. The first-order chi connectivity index (χ1) is 6.27. The summed E-state index contributed by atoms with van der Waals surface area (Å²) in [7, 11) is 0. The molecule has 13 heavy (non-hydrogen) atoms. The molecule has 2 unspecified atom stereocenters. The summed E-state index contributed by atoms with van der Waals surface area (Å²) in [4.78, 5) is 4.46. The lowest BCUT2D eigenvalue weighted by Crippen LogP contribution is -2.05. The topological polar surface area (TPSA) is 48.1 Å². The number of thiazole rings is 1. The van der Waals surface area contributed by atoms with Gasteiger partial charge in [-0.2, -0.15) is 0 Å². The van der Waals surface area contributed by atoms with Crippen LogP contribution in [0.5, 0.6) is 0 Å². The van der Waals surface area contributed by atoms with Crippen LogP contribution in [-0.4, -0.2) is 11.6 Å². The molecule has 1 aromatic rings. The first-order valence-corrected chi connectivity index (χ1v) is 5.48. The molecule has 0 spiro atoms. The fraction of sp³-hybridized carbons (Fsp3) is 0.667. The van der Waals surface area contributed by atoms with E-state index in [4.69, 9.17) is 10.5 Å². The van der Waals surface area contributed by atoms with Crippen molar-refractivity contribution in [1.29, 1.82) is 0 Å². The van der Waals surface area contributed by atoms with Crippen LogP contribution in [0.4, 0.5) is 0 Å². The van der Waals surface area contributed by atoms with Crippen molar-refractivity contribution < 1.29 is 4.74 Å². The van der Waals surface area contributed by atoms with E-state index in [1.165, 1.54) is 0 Å². The SMILES string of the molecule is CC(N)c1nc(C2CCCO2)cs1. The number of nitrogens with two attached hydrogens (primary N) is 1. The monoisotopic (exact) mass is 198 g/mol. The zero-order valence-corrected chi connectivity index (χ0v) is 8.51. The molecule has 72 valence electrons. The summed E-state index contributed by atoms with van der Waals surface area (Å²) in [5, 5.41) is 3.07. The maximum absolute atomic E-state index is 5.73. The highest BCUT2D eigenvalue weighted by Gasteiger charge is 2.20. The summed E-state index contributed by atoms with van der Waals surface area (Å²) in [6.45, 7) is 2.83. The Hall–Kier alpha value is -0.450. The Kier molecular flexibility index (Phi) is 2.62.